The maximum absolute atomic E-state index is 13.8. The summed E-state index contributed by atoms with van der Waals surface area (Å²) in [7, 11) is 0. The van der Waals surface area contributed by atoms with Crippen LogP contribution in [0.5, 0.6) is 0 Å². The second kappa shape index (κ2) is 5.82. The van der Waals surface area contributed by atoms with E-state index in [2.05, 4.69) is 23.0 Å². The maximum atomic E-state index is 13.8. The van der Waals surface area contributed by atoms with Crippen molar-refractivity contribution in [2.24, 2.45) is 0 Å². The number of hydrogen-bond donors (Lipinski definition) is 0. The number of alkyl halides is 3. The molecule has 0 bridgehead atoms. The normalized spacial score (nSPS) is 12.2. The van der Waals surface area contributed by atoms with Gasteiger partial charge in [-0.25, -0.2) is 0 Å². The number of benzene rings is 2. The first kappa shape index (κ1) is 16.6. The summed E-state index contributed by atoms with van der Waals surface area (Å²) < 4.78 is 43.8. The van der Waals surface area contributed by atoms with Gasteiger partial charge >= 0.3 is 152 Å². The molecule has 0 aliphatic rings. The zero-order valence-electron chi connectivity index (χ0n) is 13.5. The first-order valence-electron chi connectivity index (χ1n) is 7.67. The molecule has 0 radical (unpaired) electrons. The molecule has 4 rings (SSSR count). The van der Waals surface area contributed by atoms with Crippen LogP contribution in [-0.2, 0) is 6.18 Å². The van der Waals surface area contributed by atoms with E-state index in [9.17, 15) is 13.2 Å². The van der Waals surface area contributed by atoms with Gasteiger partial charge in [0.05, 0.1) is 0 Å². The average molecular weight is 454 g/mol. The molecule has 25 heavy (non-hydrogen) atoms. The van der Waals surface area contributed by atoms with Crippen LogP contribution in [0.4, 0.5) is 13.2 Å². The summed E-state index contributed by atoms with van der Waals surface area (Å²) in [5.74, 6) is 0. The predicted molar refractivity (Wildman–Crippen MR) is 93.9 cm³/mol. The molecule has 0 saturated carbocycles. The number of nitrogens with zero attached hydrogens (tertiary/aromatic N) is 2. The van der Waals surface area contributed by atoms with E-state index in [4.69, 9.17) is 0 Å². The molecular formula is C19H13F3N2Te. The van der Waals surface area contributed by atoms with Gasteiger partial charge in [0.25, 0.3) is 0 Å². The Morgan fingerprint density at radius 3 is 2.40 bits per heavy atom. The quantitative estimate of drug-likeness (QED) is 0.294. The molecule has 0 spiro atoms. The van der Waals surface area contributed by atoms with Crippen LogP contribution < -0.4 is 0 Å². The summed E-state index contributed by atoms with van der Waals surface area (Å²) in [6, 6.07) is 10.4. The minimum absolute atomic E-state index is 0.0215. The van der Waals surface area contributed by atoms with Gasteiger partial charge in [-0.1, -0.05) is 0 Å². The topological polar surface area (TPSA) is 25.8 Å². The molecule has 0 amide bonds. The summed E-state index contributed by atoms with van der Waals surface area (Å²) in [6.45, 7) is 4.12. The van der Waals surface area contributed by atoms with Crippen LogP contribution >= 0.6 is 0 Å². The zero-order chi connectivity index (χ0) is 17.8. The summed E-state index contributed by atoms with van der Waals surface area (Å²) in [5.41, 5.74) is 1.14. The molecule has 0 aliphatic heterocycles. The molecule has 4 aromatic rings. The third-order valence-corrected chi connectivity index (χ3v) is 7.64. The van der Waals surface area contributed by atoms with Crippen LogP contribution in [0.3, 0.4) is 0 Å². The Bertz CT molecular complexity index is 1090. The van der Waals surface area contributed by atoms with Crippen molar-refractivity contribution in [2.45, 2.75) is 20.0 Å². The number of hydrogen-bond acceptors (Lipinski definition) is 2. The van der Waals surface area contributed by atoms with Gasteiger partial charge in [-0.05, 0) is 0 Å². The van der Waals surface area contributed by atoms with Crippen molar-refractivity contribution in [3.05, 3.63) is 57.4 Å². The fraction of sp³-hybridized carbons (Fsp3) is 0.158. The van der Waals surface area contributed by atoms with Gasteiger partial charge in [0.2, 0.25) is 0 Å². The first-order valence-corrected chi connectivity index (χ1v) is 10.0. The molecule has 0 atom stereocenters. The predicted octanol–water partition coefficient (Wildman–Crippen LogP) is 5.14. The second-order valence-corrected chi connectivity index (χ2v) is 9.52. The Hall–Kier alpha value is -1.90. The minimum atomic E-state index is -4.48. The fourth-order valence-corrected chi connectivity index (χ4v) is 6.02. The Kier molecular flexibility index (Phi) is 3.86. The molecule has 0 aliphatic carbocycles. The first-order chi connectivity index (χ1) is 11.9. The van der Waals surface area contributed by atoms with Crippen LogP contribution in [0, 0.1) is 13.8 Å². The van der Waals surface area contributed by atoms with E-state index in [1.54, 1.807) is 24.3 Å². The number of aryl methyl sites for hydroxylation is 2. The third-order valence-electron chi connectivity index (χ3n) is 4.33. The molecule has 0 saturated heterocycles. The number of fused-ring (bicyclic) bond motifs is 2. The van der Waals surface area contributed by atoms with Crippen molar-refractivity contribution in [1.29, 1.82) is 0 Å². The molecule has 6 heteroatoms. The summed E-state index contributed by atoms with van der Waals surface area (Å²) >= 11 is -0.593. The van der Waals surface area contributed by atoms with Gasteiger partial charge < -0.3 is 0 Å². The molecule has 2 aromatic heterocycles. The molecule has 0 unspecified atom stereocenters. The Morgan fingerprint density at radius 2 is 1.72 bits per heavy atom. The molecule has 0 N–H and O–H groups in total. The van der Waals surface area contributed by atoms with E-state index in [1.165, 1.54) is 21.5 Å². The summed E-state index contributed by atoms with van der Waals surface area (Å²) in [6.07, 6.45) is -3.23. The van der Waals surface area contributed by atoms with Gasteiger partial charge in [0.1, 0.15) is 0 Å². The van der Waals surface area contributed by atoms with Gasteiger partial charge in [0.15, 0.2) is 0 Å². The van der Waals surface area contributed by atoms with E-state index < -0.39 is 32.2 Å². The zero-order valence-corrected chi connectivity index (χ0v) is 15.8. The van der Waals surface area contributed by atoms with Crippen molar-refractivity contribution in [3.8, 4) is 9.27 Å². The van der Waals surface area contributed by atoms with Crippen LogP contribution in [0.1, 0.15) is 14.7 Å². The van der Waals surface area contributed by atoms with Gasteiger partial charge in [-0.15, -0.1) is 0 Å². The van der Waals surface area contributed by atoms with Gasteiger partial charge in [0, 0.05) is 0 Å². The Labute approximate surface area is 152 Å². The van der Waals surface area contributed by atoms with E-state index in [0.29, 0.717) is 16.5 Å². The van der Waals surface area contributed by atoms with Crippen molar-refractivity contribution in [3.63, 3.8) is 0 Å². The fourth-order valence-electron chi connectivity index (χ4n) is 3.04. The average Bonchev–Trinajstić information content (AvgIpc) is 2.90. The molecule has 2 nitrogen and oxygen atoms in total. The Morgan fingerprint density at radius 1 is 0.960 bits per heavy atom. The van der Waals surface area contributed by atoms with Crippen LogP contribution in [-0.4, -0.2) is 30.4 Å². The van der Waals surface area contributed by atoms with E-state index in [0.717, 1.165) is 3.58 Å². The second-order valence-electron chi connectivity index (χ2n) is 5.94. The van der Waals surface area contributed by atoms with Gasteiger partial charge in [-0.2, -0.15) is 0 Å². The number of halogens is 3. The number of rotatable bonds is 1. The molecule has 126 valence electrons. The van der Waals surface area contributed by atoms with Crippen molar-refractivity contribution in [1.82, 2.24) is 9.97 Å². The molecule has 2 aromatic carbocycles. The van der Waals surface area contributed by atoms with Gasteiger partial charge in [-0.3, -0.25) is 0 Å². The Balaban J connectivity index is 2.17. The number of aromatic nitrogens is 2. The van der Waals surface area contributed by atoms with Crippen molar-refractivity contribution < 1.29 is 13.2 Å². The SMILES string of the molecule is Cc1cc(-c2ncnc3c(C(F)(F)F)c4ccccc4cc23)[te]c1C. The van der Waals surface area contributed by atoms with Crippen molar-refractivity contribution >= 4 is 42.1 Å². The van der Waals surface area contributed by atoms with Crippen LogP contribution in [0.25, 0.3) is 30.9 Å². The van der Waals surface area contributed by atoms with E-state index in [1.807, 2.05) is 6.92 Å². The van der Waals surface area contributed by atoms with E-state index >= 15 is 0 Å². The summed E-state index contributed by atoms with van der Waals surface area (Å²) in [5, 5.41) is 1.21. The van der Waals surface area contributed by atoms with Crippen LogP contribution in [0.15, 0.2) is 42.7 Å². The molecular weight excluding hydrogens is 441 g/mol. The van der Waals surface area contributed by atoms with Crippen molar-refractivity contribution in [2.75, 3.05) is 0 Å². The van der Waals surface area contributed by atoms with Crippen LogP contribution in [0.2, 0.25) is 0 Å². The molecule has 2 heterocycles. The van der Waals surface area contributed by atoms with E-state index in [-0.39, 0.29) is 10.9 Å². The summed E-state index contributed by atoms with van der Waals surface area (Å²) in [4.78, 5) is 8.36. The molecule has 0 fully saturated rings. The monoisotopic (exact) mass is 456 g/mol. The standard InChI is InChI=1S/C19H13F3N2Te/c1-10-7-15(25-11(10)2)17-14-8-12-5-3-4-6-13(12)16(19(20,21)22)18(14)24-9-23-17/h3-9H,1-2H3. The third kappa shape index (κ3) is 2.74.